The third-order valence-electron chi connectivity index (χ3n) is 2.17. The number of nitrogens with zero attached hydrogens (tertiary/aromatic N) is 1. The van der Waals surface area contributed by atoms with E-state index < -0.39 is 6.04 Å². The van der Waals surface area contributed by atoms with Crippen LogP contribution >= 0.6 is 0 Å². The lowest BCUT2D eigenvalue weighted by atomic mass is 10.1. The molecular formula is C9H12N2O2. The molecule has 1 aliphatic rings. The number of rotatable bonds is 3. The minimum atomic E-state index is -0.503. The standard InChI is InChI=1S/C9H12N2O2/c1-5(10)9(12)7-4-8(13-11-7)6-2-3-6/h4-6H,2-3,10H2,1H3. The summed E-state index contributed by atoms with van der Waals surface area (Å²) < 4.78 is 5.03. The largest absolute Gasteiger partial charge is 0.360 e. The van der Waals surface area contributed by atoms with Crippen molar-refractivity contribution in [2.75, 3.05) is 0 Å². The first-order valence-corrected chi connectivity index (χ1v) is 4.45. The van der Waals surface area contributed by atoms with Gasteiger partial charge in [-0.15, -0.1) is 0 Å². The predicted molar refractivity (Wildman–Crippen MR) is 46.5 cm³/mol. The fraction of sp³-hybridized carbons (Fsp3) is 0.556. The first-order chi connectivity index (χ1) is 6.18. The number of Topliss-reactive ketones (excluding diaryl/α,β-unsaturated/α-hetero) is 1. The summed E-state index contributed by atoms with van der Waals surface area (Å²) in [6.07, 6.45) is 2.28. The second-order valence-corrected chi connectivity index (χ2v) is 3.54. The van der Waals surface area contributed by atoms with Gasteiger partial charge in [-0.25, -0.2) is 0 Å². The van der Waals surface area contributed by atoms with E-state index in [4.69, 9.17) is 10.3 Å². The summed E-state index contributed by atoms with van der Waals surface area (Å²) in [5, 5.41) is 3.69. The molecule has 0 amide bonds. The van der Waals surface area contributed by atoms with E-state index in [1.54, 1.807) is 13.0 Å². The number of hydrogen-bond donors (Lipinski definition) is 1. The highest BCUT2D eigenvalue weighted by Crippen LogP contribution is 2.40. The summed E-state index contributed by atoms with van der Waals surface area (Å²) in [6, 6.07) is 1.21. The van der Waals surface area contributed by atoms with Gasteiger partial charge in [-0.05, 0) is 19.8 Å². The average molecular weight is 180 g/mol. The van der Waals surface area contributed by atoms with Crippen molar-refractivity contribution in [3.05, 3.63) is 17.5 Å². The highest BCUT2D eigenvalue weighted by atomic mass is 16.5. The number of aromatic nitrogens is 1. The normalized spacial score (nSPS) is 18.6. The van der Waals surface area contributed by atoms with E-state index in [9.17, 15) is 4.79 Å². The minimum absolute atomic E-state index is 0.157. The van der Waals surface area contributed by atoms with Crippen LogP contribution in [0.2, 0.25) is 0 Å². The number of ketones is 1. The molecule has 1 atom stereocenters. The smallest absolute Gasteiger partial charge is 0.201 e. The Labute approximate surface area is 76.1 Å². The summed E-state index contributed by atoms with van der Waals surface area (Å²) in [5.41, 5.74) is 5.80. The van der Waals surface area contributed by atoms with Gasteiger partial charge in [-0.3, -0.25) is 4.79 Å². The van der Waals surface area contributed by atoms with E-state index in [-0.39, 0.29) is 5.78 Å². The van der Waals surface area contributed by atoms with Gasteiger partial charge in [-0.2, -0.15) is 0 Å². The Morgan fingerprint density at radius 2 is 2.46 bits per heavy atom. The quantitative estimate of drug-likeness (QED) is 0.707. The maximum atomic E-state index is 11.4. The van der Waals surface area contributed by atoms with Crippen molar-refractivity contribution in [2.24, 2.45) is 5.73 Å². The van der Waals surface area contributed by atoms with Crippen LogP contribution in [0.4, 0.5) is 0 Å². The molecule has 2 N–H and O–H groups in total. The van der Waals surface area contributed by atoms with Crippen LogP contribution in [-0.4, -0.2) is 17.0 Å². The van der Waals surface area contributed by atoms with E-state index in [1.165, 1.54) is 0 Å². The molecule has 0 aromatic carbocycles. The predicted octanol–water partition coefficient (Wildman–Crippen LogP) is 1.08. The van der Waals surface area contributed by atoms with E-state index in [2.05, 4.69) is 5.16 Å². The molecule has 1 aromatic heterocycles. The molecule has 1 unspecified atom stereocenters. The molecule has 1 aromatic rings. The summed E-state index contributed by atoms with van der Waals surface area (Å²) in [6.45, 7) is 1.65. The SMILES string of the molecule is CC(N)C(=O)c1cc(C2CC2)on1. The molecule has 0 bridgehead atoms. The van der Waals surface area contributed by atoms with Crippen LogP contribution in [0.1, 0.15) is 41.9 Å². The van der Waals surface area contributed by atoms with Gasteiger partial charge >= 0.3 is 0 Å². The zero-order valence-corrected chi connectivity index (χ0v) is 7.49. The lowest BCUT2D eigenvalue weighted by Gasteiger charge is -1.97. The molecule has 4 heteroatoms. The molecule has 2 rings (SSSR count). The molecule has 0 spiro atoms. The van der Waals surface area contributed by atoms with E-state index in [0.29, 0.717) is 11.6 Å². The third-order valence-corrected chi connectivity index (χ3v) is 2.17. The molecule has 0 radical (unpaired) electrons. The lowest BCUT2D eigenvalue weighted by molar-refractivity contribution is 0.0959. The van der Waals surface area contributed by atoms with Crippen molar-refractivity contribution in [3.63, 3.8) is 0 Å². The third kappa shape index (κ3) is 1.62. The Hall–Kier alpha value is -1.16. The Kier molecular flexibility index (Phi) is 1.92. The van der Waals surface area contributed by atoms with E-state index in [0.717, 1.165) is 18.6 Å². The van der Waals surface area contributed by atoms with Crippen molar-refractivity contribution < 1.29 is 9.32 Å². The van der Waals surface area contributed by atoms with Gasteiger partial charge in [-0.1, -0.05) is 5.16 Å². The number of hydrogen-bond acceptors (Lipinski definition) is 4. The summed E-state index contributed by atoms with van der Waals surface area (Å²) >= 11 is 0. The molecule has 0 saturated heterocycles. The van der Waals surface area contributed by atoms with Crippen molar-refractivity contribution in [1.29, 1.82) is 0 Å². The fourth-order valence-electron chi connectivity index (χ4n) is 1.20. The summed E-state index contributed by atoms with van der Waals surface area (Å²) in [7, 11) is 0. The van der Waals surface area contributed by atoms with Crippen molar-refractivity contribution in [3.8, 4) is 0 Å². The topological polar surface area (TPSA) is 69.1 Å². The van der Waals surface area contributed by atoms with Crippen LogP contribution < -0.4 is 5.73 Å². The lowest BCUT2D eigenvalue weighted by Crippen LogP contribution is -2.26. The Morgan fingerprint density at radius 1 is 1.77 bits per heavy atom. The van der Waals surface area contributed by atoms with Gasteiger partial charge < -0.3 is 10.3 Å². The number of nitrogens with two attached hydrogens (primary N) is 1. The Morgan fingerprint density at radius 3 is 3.00 bits per heavy atom. The highest BCUT2D eigenvalue weighted by molar-refractivity contribution is 5.97. The maximum Gasteiger partial charge on any atom is 0.201 e. The fourth-order valence-corrected chi connectivity index (χ4v) is 1.20. The molecule has 70 valence electrons. The van der Waals surface area contributed by atoms with E-state index in [1.807, 2.05) is 0 Å². The van der Waals surface area contributed by atoms with Crippen LogP contribution in [0.5, 0.6) is 0 Å². The number of carbonyl (C=O) groups is 1. The highest BCUT2D eigenvalue weighted by Gasteiger charge is 2.29. The van der Waals surface area contributed by atoms with Crippen LogP contribution in [0.3, 0.4) is 0 Å². The molecule has 1 aliphatic carbocycles. The Bertz CT molecular complexity index is 326. The molecule has 1 heterocycles. The summed E-state index contributed by atoms with van der Waals surface area (Å²) in [5.74, 6) is 1.15. The minimum Gasteiger partial charge on any atom is -0.360 e. The monoisotopic (exact) mass is 180 g/mol. The molecule has 4 nitrogen and oxygen atoms in total. The maximum absolute atomic E-state index is 11.4. The second-order valence-electron chi connectivity index (χ2n) is 3.54. The molecule has 13 heavy (non-hydrogen) atoms. The first kappa shape index (κ1) is 8.44. The molecule has 0 aliphatic heterocycles. The zero-order chi connectivity index (χ0) is 9.42. The zero-order valence-electron chi connectivity index (χ0n) is 7.49. The molecular weight excluding hydrogens is 168 g/mol. The van der Waals surface area contributed by atoms with Crippen LogP contribution in [0.15, 0.2) is 10.6 Å². The average Bonchev–Trinajstić information content (AvgIpc) is 2.83. The van der Waals surface area contributed by atoms with Crippen LogP contribution in [0, 0.1) is 0 Å². The Balaban J connectivity index is 2.16. The molecule has 1 fully saturated rings. The number of carbonyl (C=O) groups excluding carboxylic acids is 1. The first-order valence-electron chi connectivity index (χ1n) is 4.45. The van der Waals surface area contributed by atoms with Gasteiger partial charge in [0.2, 0.25) is 5.78 Å². The van der Waals surface area contributed by atoms with Crippen molar-refractivity contribution in [2.45, 2.75) is 31.7 Å². The van der Waals surface area contributed by atoms with Crippen molar-refractivity contribution >= 4 is 5.78 Å². The summed E-state index contributed by atoms with van der Waals surface area (Å²) in [4.78, 5) is 11.4. The van der Waals surface area contributed by atoms with Gasteiger partial charge in [0.1, 0.15) is 5.76 Å². The van der Waals surface area contributed by atoms with Gasteiger partial charge in [0.25, 0.3) is 0 Å². The van der Waals surface area contributed by atoms with Crippen LogP contribution in [0.25, 0.3) is 0 Å². The van der Waals surface area contributed by atoms with Gasteiger partial charge in [0.15, 0.2) is 5.69 Å². The van der Waals surface area contributed by atoms with Gasteiger partial charge in [0.05, 0.1) is 6.04 Å². The van der Waals surface area contributed by atoms with Crippen LogP contribution in [-0.2, 0) is 0 Å². The second kappa shape index (κ2) is 2.96. The van der Waals surface area contributed by atoms with E-state index >= 15 is 0 Å². The van der Waals surface area contributed by atoms with Crippen molar-refractivity contribution in [1.82, 2.24) is 5.16 Å². The van der Waals surface area contributed by atoms with Gasteiger partial charge in [0, 0.05) is 12.0 Å². The molecule has 1 saturated carbocycles.